The van der Waals surface area contributed by atoms with Gasteiger partial charge < -0.3 is 14.7 Å². The summed E-state index contributed by atoms with van der Waals surface area (Å²) in [4.78, 5) is 14.0. The van der Waals surface area contributed by atoms with Gasteiger partial charge in [-0.1, -0.05) is 12.3 Å². The van der Waals surface area contributed by atoms with Crippen LogP contribution < -0.4 is 5.31 Å². The number of halogens is 2. The molecule has 33 heavy (non-hydrogen) atoms. The first-order chi connectivity index (χ1) is 24.4. The van der Waals surface area contributed by atoms with Crippen LogP contribution in [0.1, 0.15) is 92.7 Å². The summed E-state index contributed by atoms with van der Waals surface area (Å²) >= 11 is 0. The number of nitrogens with zero attached hydrogens (tertiary/aromatic N) is 2. The average molecular weight is 488 g/mol. The van der Waals surface area contributed by atoms with Crippen molar-refractivity contribution in [2.45, 2.75) is 107 Å². The second-order valence-corrected chi connectivity index (χ2v) is 7.75. The minimum atomic E-state index is -4.42. The first kappa shape index (κ1) is 8.99. The molecule has 5 aliphatic rings. The molecule has 8 heteroatoms. The second kappa shape index (κ2) is 9.77. The standard InChI is InChI=1S/C25H37F2N3O3/c1-29-20-14-19(22-16(24(29)32)8-6-9-21(22)33-25(26)27)30-18-13-15(7-4-2-3-5-12-31)10-11-17(18)28-23(20)30/h15-23,25,28,31H,2-3,5-6,8-14H2,1H3/t15?,16?,17?,18?,19-,20-,21?,22?,23?/m1/s1/i1D3,6D2,8D2,9D2,10D2,11D2,13D2,15D,16D,17D,20D,21D,23D/hD. The second-order valence-electron chi connectivity index (χ2n) is 7.75. The molecule has 5 fully saturated rings. The molecule has 3 heterocycles. The molecule has 1 amide bonds. The van der Waals surface area contributed by atoms with Crippen molar-refractivity contribution in [3.05, 3.63) is 0 Å². The number of likely N-dealkylation sites (N-methyl/N-ethyl adjacent to an activating group) is 1. The van der Waals surface area contributed by atoms with Crippen molar-refractivity contribution in [3.63, 3.8) is 0 Å². The normalized spacial score (nSPS) is 75.7. The van der Waals surface area contributed by atoms with E-state index in [1.54, 1.807) is 0 Å². The fourth-order valence-corrected chi connectivity index (χ4v) is 4.43. The third-order valence-corrected chi connectivity index (χ3v) is 5.83. The summed E-state index contributed by atoms with van der Waals surface area (Å²) in [5, 5.41) is 8.56. The molecule has 0 aromatic heterocycles. The van der Waals surface area contributed by atoms with Gasteiger partial charge in [-0.2, -0.15) is 8.78 Å². The Bertz CT molecular complexity index is 1700. The van der Waals surface area contributed by atoms with E-state index in [4.69, 9.17) is 27.1 Å². The molecule has 0 aromatic carbocycles. The molecule has 5 rings (SSSR count). The third-order valence-electron chi connectivity index (χ3n) is 5.83. The van der Waals surface area contributed by atoms with Crippen molar-refractivity contribution >= 4 is 5.91 Å². The molecule has 3 aliphatic heterocycles. The molecular weight excluding hydrogens is 428 g/mol. The molecule has 2 saturated carbocycles. The topological polar surface area (TPSA) is 65.0 Å². The molecule has 0 spiro atoms. The Kier molecular flexibility index (Phi) is 2.66. The first-order valence-electron chi connectivity index (χ1n) is 21.3. The van der Waals surface area contributed by atoms with Crippen LogP contribution in [0.5, 0.6) is 0 Å². The predicted octanol–water partition coefficient (Wildman–Crippen LogP) is 2.56. The number of unbranched alkanes of at least 4 members (excludes halogenated alkanes) is 2. The Labute approximate surface area is 226 Å². The smallest absolute Gasteiger partial charge is 0.345 e. The Morgan fingerprint density at radius 3 is 3.03 bits per heavy atom. The summed E-state index contributed by atoms with van der Waals surface area (Å²) in [6.45, 7) is -8.78. The fourth-order valence-electron chi connectivity index (χ4n) is 4.43. The Hall–Kier alpha value is -1.27. The van der Waals surface area contributed by atoms with E-state index < -0.39 is 128 Å². The monoisotopic (exact) mass is 487 g/mol. The maximum Gasteiger partial charge on any atom is 0.345 e. The van der Waals surface area contributed by atoms with Crippen LogP contribution in [-0.2, 0) is 9.53 Å². The van der Waals surface area contributed by atoms with Crippen LogP contribution in [0.2, 0.25) is 1.41 Å². The average Bonchev–Trinajstić information content (AvgIpc) is 3.31. The number of ether oxygens (including phenoxy) is 1. The molecule has 0 radical (unpaired) electrons. The zero-order valence-electron chi connectivity index (χ0n) is 39.2. The number of aliphatic hydroxyl groups is 1. The number of amides is 1. The Morgan fingerprint density at radius 1 is 1.36 bits per heavy atom. The van der Waals surface area contributed by atoms with Gasteiger partial charge in [-0.05, 0) is 51.1 Å². The zero-order chi connectivity index (χ0) is 42.8. The van der Waals surface area contributed by atoms with Crippen LogP contribution in [-0.4, -0.2) is 77.3 Å². The highest BCUT2D eigenvalue weighted by Gasteiger charge is 2.61. The fraction of sp³-hybridized carbons (Fsp3) is 0.880. The number of carbonyl (C=O) groups is 1. The highest BCUT2D eigenvalue weighted by atomic mass is 19.3. The maximum absolute atomic E-state index is 14.6. The minimum absolute atomic E-state index is 0.0358. The molecule has 7 unspecified atom stereocenters. The van der Waals surface area contributed by atoms with Crippen LogP contribution in [0.25, 0.3) is 0 Å². The van der Waals surface area contributed by atoms with Gasteiger partial charge in [-0.3, -0.25) is 15.0 Å². The molecule has 2 N–H and O–H groups in total. The van der Waals surface area contributed by atoms with E-state index >= 15 is 0 Å². The van der Waals surface area contributed by atoms with Gasteiger partial charge in [-0.15, -0.1) is 5.92 Å². The van der Waals surface area contributed by atoms with E-state index in [1.165, 1.54) is 0 Å². The molecule has 6 nitrogen and oxygen atoms in total. The van der Waals surface area contributed by atoms with Crippen molar-refractivity contribution in [1.29, 1.82) is 0 Å². The lowest BCUT2D eigenvalue weighted by atomic mass is 9.72. The summed E-state index contributed by atoms with van der Waals surface area (Å²) in [5.74, 6) is -9.55. The van der Waals surface area contributed by atoms with E-state index in [0.717, 1.165) is 0 Å². The number of nitrogens with one attached hydrogen (secondary N) is 1. The van der Waals surface area contributed by atoms with Crippen molar-refractivity contribution in [1.82, 2.24) is 15.1 Å². The molecule has 0 aromatic rings. The number of hydrogen-bond acceptors (Lipinski definition) is 5. The van der Waals surface area contributed by atoms with Crippen molar-refractivity contribution in [2.75, 3.05) is 13.6 Å². The van der Waals surface area contributed by atoms with Gasteiger partial charge in [0.05, 0.1) is 22.4 Å². The number of likely N-dealkylation sites (tertiary alicyclic amines) is 1. The highest BCUT2D eigenvalue weighted by molar-refractivity contribution is 5.80. The van der Waals surface area contributed by atoms with Gasteiger partial charge in [0.15, 0.2) is 0 Å². The summed E-state index contributed by atoms with van der Waals surface area (Å²) < 4.78 is 229. The highest BCUT2D eigenvalue weighted by Crippen LogP contribution is 2.50. The largest absolute Gasteiger partial charge is 0.396 e. The number of carbonyl (C=O) groups excluding carboxylic acids is 1. The lowest BCUT2D eigenvalue weighted by molar-refractivity contribution is -0.199. The van der Waals surface area contributed by atoms with Crippen LogP contribution in [0, 0.1) is 29.5 Å². The summed E-state index contributed by atoms with van der Waals surface area (Å²) in [7, 11) is 0. The van der Waals surface area contributed by atoms with Gasteiger partial charge in [0.25, 0.3) is 0 Å². The van der Waals surface area contributed by atoms with Gasteiger partial charge in [0.2, 0.25) is 5.91 Å². The molecule has 184 valence electrons. The molecule has 2 bridgehead atoms. The van der Waals surface area contributed by atoms with E-state index in [9.17, 15) is 21.8 Å². The third kappa shape index (κ3) is 4.31. The van der Waals surface area contributed by atoms with Crippen molar-refractivity contribution < 1.29 is 53.6 Å². The van der Waals surface area contributed by atoms with Gasteiger partial charge in [-0.25, -0.2) is 0 Å². The van der Waals surface area contributed by atoms with Crippen LogP contribution in [0.3, 0.4) is 0 Å². The summed E-state index contributed by atoms with van der Waals surface area (Å²) in [5.41, 5.74) is 0. The number of alkyl halides is 2. The van der Waals surface area contributed by atoms with Crippen LogP contribution >= 0.6 is 0 Å². The van der Waals surface area contributed by atoms with Crippen molar-refractivity contribution in [3.8, 4) is 11.8 Å². The van der Waals surface area contributed by atoms with Gasteiger partial charge in [0, 0.05) is 80.5 Å². The Morgan fingerprint density at radius 2 is 2.24 bits per heavy atom. The number of hydrogen-bond donors (Lipinski definition) is 2. The molecule has 3 saturated heterocycles. The van der Waals surface area contributed by atoms with E-state index in [2.05, 4.69) is 10.7 Å². The molecular formula is C25H37F2N3O3. The molecule has 2 aliphatic carbocycles. The maximum atomic E-state index is 14.6. The first-order valence-corrected chi connectivity index (χ1v) is 10.4. The van der Waals surface area contributed by atoms with Crippen molar-refractivity contribution in [2.24, 2.45) is 17.7 Å². The number of aliphatic hydroxyl groups excluding tert-OH is 1. The van der Waals surface area contributed by atoms with Crippen LogP contribution in [0.15, 0.2) is 0 Å². The predicted molar refractivity (Wildman–Crippen MR) is 119 cm³/mol. The van der Waals surface area contributed by atoms with Crippen LogP contribution in [0.4, 0.5) is 8.78 Å². The van der Waals surface area contributed by atoms with E-state index in [-0.39, 0.29) is 30.8 Å². The summed E-state index contributed by atoms with van der Waals surface area (Å²) in [6, 6.07) is -13.6. The minimum Gasteiger partial charge on any atom is -0.396 e. The lowest BCUT2D eigenvalue weighted by Gasteiger charge is -2.46. The zero-order valence-corrected chi connectivity index (χ0v) is 17.2. The Balaban J connectivity index is 1.98. The number of fused-ring (bicyclic) bond motifs is 9. The molecule has 9 atom stereocenters. The summed E-state index contributed by atoms with van der Waals surface area (Å²) in [6.07, 6.45) is -35.0. The van der Waals surface area contributed by atoms with E-state index in [1.807, 2.05) is 5.92 Å². The quantitative estimate of drug-likeness (QED) is 0.461. The van der Waals surface area contributed by atoms with E-state index in [0.29, 0.717) is 0 Å². The van der Waals surface area contributed by atoms with Gasteiger partial charge in [0.1, 0.15) is 1.41 Å². The SMILES string of the molecule is [2H]N1C2([2H])C(N3[C@@H]4C[C@@]([2H])(N(C([2H])([2H])[2H])C(=O)C5([2H])C4C([2H])(OC(F)F)C([2H])([2H])C([2H])([2H])C5([2H])[2H])C31[2H])C([2H])([2H])C([2H])(C#CCCCCO)C([2H])([2H])C2([2H])[2H]. The number of rotatable bonds is 5. The van der Waals surface area contributed by atoms with Gasteiger partial charge >= 0.3 is 6.61 Å². The lowest BCUT2D eigenvalue weighted by Crippen LogP contribution is -2.58.